The molecule has 2 aromatic carbocycles. The fourth-order valence-corrected chi connectivity index (χ4v) is 5.48. The first-order valence-electron chi connectivity index (χ1n) is 11.3. The number of esters is 1. The molecule has 168 valence electrons. The zero-order valence-electron chi connectivity index (χ0n) is 19.8. The molecule has 0 N–H and O–H groups in total. The first-order valence-corrected chi connectivity index (χ1v) is 14.2. The SMILES string of the molecule is COC(=O)C[C@H]1CCc2c(C(CC=O)CO[Si](C)(C)C(C)(C)C)cc3ccccc3c21. The van der Waals surface area contributed by atoms with Crippen molar-refractivity contribution >= 4 is 31.3 Å². The van der Waals surface area contributed by atoms with E-state index in [1.54, 1.807) is 0 Å². The van der Waals surface area contributed by atoms with Crippen molar-refractivity contribution in [2.75, 3.05) is 13.7 Å². The molecule has 1 aliphatic carbocycles. The Balaban J connectivity index is 2.04. The summed E-state index contributed by atoms with van der Waals surface area (Å²) >= 11 is 0. The van der Waals surface area contributed by atoms with E-state index < -0.39 is 8.32 Å². The normalized spacial score (nSPS) is 17.4. The van der Waals surface area contributed by atoms with Gasteiger partial charge in [-0.05, 0) is 64.4 Å². The lowest BCUT2D eigenvalue weighted by Crippen LogP contribution is -2.41. The third kappa shape index (κ3) is 4.93. The van der Waals surface area contributed by atoms with Crippen LogP contribution < -0.4 is 0 Å². The van der Waals surface area contributed by atoms with Crippen LogP contribution in [0, 0.1) is 0 Å². The van der Waals surface area contributed by atoms with E-state index in [9.17, 15) is 9.59 Å². The second-order valence-corrected chi connectivity index (χ2v) is 15.1. The molecule has 0 aromatic heterocycles. The van der Waals surface area contributed by atoms with Crippen LogP contribution in [0.15, 0.2) is 30.3 Å². The Hall–Kier alpha value is -1.98. The lowest BCUT2D eigenvalue weighted by Gasteiger charge is -2.37. The molecule has 0 saturated heterocycles. The first-order chi connectivity index (χ1) is 14.6. The van der Waals surface area contributed by atoms with Crippen LogP contribution in [-0.4, -0.2) is 34.3 Å². The van der Waals surface area contributed by atoms with Gasteiger partial charge in [0.25, 0.3) is 0 Å². The number of hydrogen-bond donors (Lipinski definition) is 0. The highest BCUT2D eigenvalue weighted by Crippen LogP contribution is 2.45. The van der Waals surface area contributed by atoms with Crippen molar-refractivity contribution in [2.24, 2.45) is 0 Å². The van der Waals surface area contributed by atoms with Crippen LogP contribution in [0.2, 0.25) is 18.1 Å². The van der Waals surface area contributed by atoms with E-state index >= 15 is 0 Å². The molecular weight excluding hydrogens is 404 g/mol. The maximum atomic E-state index is 12.1. The number of carbonyl (C=O) groups is 2. The van der Waals surface area contributed by atoms with Crippen molar-refractivity contribution in [3.8, 4) is 0 Å². The summed E-state index contributed by atoms with van der Waals surface area (Å²) in [6.45, 7) is 11.8. The molecule has 1 unspecified atom stereocenters. The molecule has 0 saturated carbocycles. The monoisotopic (exact) mass is 440 g/mol. The van der Waals surface area contributed by atoms with Crippen LogP contribution in [0.4, 0.5) is 0 Å². The molecule has 0 spiro atoms. The third-order valence-electron chi connectivity index (χ3n) is 7.30. The van der Waals surface area contributed by atoms with Crippen molar-refractivity contribution in [1.29, 1.82) is 0 Å². The predicted molar refractivity (Wildman–Crippen MR) is 128 cm³/mol. The van der Waals surface area contributed by atoms with E-state index in [-0.39, 0.29) is 22.8 Å². The summed E-state index contributed by atoms with van der Waals surface area (Å²) < 4.78 is 11.5. The molecule has 2 aromatic rings. The number of aldehydes is 1. The maximum absolute atomic E-state index is 12.1. The summed E-state index contributed by atoms with van der Waals surface area (Å²) in [7, 11) is -0.477. The van der Waals surface area contributed by atoms with Crippen LogP contribution in [0.25, 0.3) is 10.8 Å². The number of hydrogen-bond acceptors (Lipinski definition) is 4. The minimum Gasteiger partial charge on any atom is -0.469 e. The van der Waals surface area contributed by atoms with Gasteiger partial charge in [-0.15, -0.1) is 0 Å². The second kappa shape index (κ2) is 9.25. The molecule has 1 aliphatic rings. The molecule has 2 atom stereocenters. The molecule has 0 fully saturated rings. The minimum absolute atomic E-state index is 0.0295. The zero-order valence-corrected chi connectivity index (χ0v) is 20.8. The minimum atomic E-state index is -1.93. The van der Waals surface area contributed by atoms with E-state index in [0.29, 0.717) is 19.4 Å². The highest BCUT2D eigenvalue weighted by Gasteiger charge is 2.38. The molecule has 0 radical (unpaired) electrons. The standard InChI is InChI=1S/C26H36O4Si/c1-26(2,3)31(5,6)30-17-20(13-14-27)23-15-18-9-7-8-10-21(18)25-19(11-12-22(23)25)16-24(28)29-4/h7-10,14-15,19-20H,11-13,16-17H2,1-6H3/t19-,20?/m1/s1. The number of rotatable bonds is 8. The van der Waals surface area contributed by atoms with Crippen molar-refractivity contribution in [3.05, 3.63) is 47.0 Å². The molecule has 5 heteroatoms. The Morgan fingerprint density at radius 2 is 1.97 bits per heavy atom. The summed E-state index contributed by atoms with van der Waals surface area (Å²) in [6.07, 6.45) is 3.72. The summed E-state index contributed by atoms with van der Waals surface area (Å²) in [6, 6.07) is 10.6. The lowest BCUT2D eigenvalue weighted by molar-refractivity contribution is -0.141. The van der Waals surface area contributed by atoms with Crippen molar-refractivity contribution < 1.29 is 18.8 Å². The predicted octanol–water partition coefficient (Wildman–Crippen LogP) is 6.13. The van der Waals surface area contributed by atoms with E-state index in [4.69, 9.17) is 9.16 Å². The van der Waals surface area contributed by atoms with Crippen LogP contribution in [-0.2, 0) is 25.2 Å². The van der Waals surface area contributed by atoms with E-state index in [2.05, 4.69) is 58.1 Å². The van der Waals surface area contributed by atoms with E-state index in [1.807, 2.05) is 6.07 Å². The fourth-order valence-electron chi connectivity index (χ4n) is 4.43. The quantitative estimate of drug-likeness (QED) is 0.282. The maximum Gasteiger partial charge on any atom is 0.306 e. The van der Waals surface area contributed by atoms with Crippen molar-refractivity contribution in [1.82, 2.24) is 0 Å². The van der Waals surface area contributed by atoms with Gasteiger partial charge in [0, 0.05) is 18.9 Å². The van der Waals surface area contributed by atoms with Crippen LogP contribution >= 0.6 is 0 Å². The van der Waals surface area contributed by atoms with Gasteiger partial charge < -0.3 is 14.0 Å². The van der Waals surface area contributed by atoms with Gasteiger partial charge in [-0.3, -0.25) is 4.79 Å². The number of ether oxygens (including phenoxy) is 1. The molecule has 31 heavy (non-hydrogen) atoms. The summed E-state index contributed by atoms with van der Waals surface area (Å²) in [4.78, 5) is 23.7. The number of fused-ring (bicyclic) bond motifs is 3. The van der Waals surface area contributed by atoms with Gasteiger partial charge in [-0.25, -0.2) is 0 Å². The molecule has 3 rings (SSSR count). The van der Waals surface area contributed by atoms with Gasteiger partial charge in [0.1, 0.15) is 6.29 Å². The van der Waals surface area contributed by atoms with Gasteiger partial charge in [-0.2, -0.15) is 0 Å². The Kier molecular flexibility index (Phi) is 7.07. The van der Waals surface area contributed by atoms with Gasteiger partial charge in [0.05, 0.1) is 13.5 Å². The Labute approximate surface area is 187 Å². The largest absolute Gasteiger partial charge is 0.469 e. The van der Waals surface area contributed by atoms with Gasteiger partial charge in [0.15, 0.2) is 8.32 Å². The summed E-state index contributed by atoms with van der Waals surface area (Å²) in [5, 5.41) is 2.49. The average Bonchev–Trinajstić information content (AvgIpc) is 3.13. The van der Waals surface area contributed by atoms with Crippen molar-refractivity contribution in [3.63, 3.8) is 0 Å². The van der Waals surface area contributed by atoms with E-state index in [0.717, 1.165) is 24.5 Å². The highest BCUT2D eigenvalue weighted by molar-refractivity contribution is 6.74. The van der Waals surface area contributed by atoms with Crippen molar-refractivity contribution in [2.45, 2.75) is 76.4 Å². The smallest absolute Gasteiger partial charge is 0.306 e. The molecular formula is C26H36O4Si. The molecule has 0 bridgehead atoms. The topological polar surface area (TPSA) is 52.6 Å². The molecule has 0 amide bonds. The number of benzene rings is 2. The highest BCUT2D eigenvalue weighted by atomic mass is 28.4. The molecule has 0 aliphatic heterocycles. The van der Waals surface area contributed by atoms with Gasteiger partial charge in [0.2, 0.25) is 0 Å². The molecule has 4 nitrogen and oxygen atoms in total. The Bertz CT molecular complexity index is 958. The van der Waals surface area contributed by atoms with E-state index in [1.165, 1.54) is 29.2 Å². The van der Waals surface area contributed by atoms with Gasteiger partial charge in [-0.1, -0.05) is 51.1 Å². The zero-order chi connectivity index (χ0) is 22.8. The average molecular weight is 441 g/mol. The number of methoxy groups -OCH3 is 1. The Morgan fingerprint density at radius 3 is 2.61 bits per heavy atom. The second-order valence-electron chi connectivity index (χ2n) is 10.3. The van der Waals surface area contributed by atoms with Crippen LogP contribution in [0.1, 0.15) is 68.6 Å². The third-order valence-corrected chi connectivity index (χ3v) is 11.8. The van der Waals surface area contributed by atoms with Crippen LogP contribution in [0.5, 0.6) is 0 Å². The summed E-state index contributed by atoms with van der Waals surface area (Å²) in [5.41, 5.74) is 3.78. The lowest BCUT2D eigenvalue weighted by atomic mass is 9.85. The fraction of sp³-hybridized carbons (Fsp3) is 0.538. The summed E-state index contributed by atoms with van der Waals surface area (Å²) in [5.74, 6) is 0.0189. The number of carbonyl (C=O) groups excluding carboxylic acids is 2. The van der Waals surface area contributed by atoms with Gasteiger partial charge >= 0.3 is 5.97 Å². The van der Waals surface area contributed by atoms with Crippen LogP contribution in [0.3, 0.4) is 0 Å². The first kappa shape index (κ1) is 23.7. The Morgan fingerprint density at radius 1 is 1.26 bits per heavy atom. The molecule has 0 heterocycles.